The summed E-state index contributed by atoms with van der Waals surface area (Å²) < 4.78 is 79.9. The van der Waals surface area contributed by atoms with E-state index in [1.165, 1.54) is 29.6 Å². The number of carboxylic acids is 1. The van der Waals surface area contributed by atoms with Crippen LogP contribution in [0.15, 0.2) is 24.3 Å². The smallest absolute Gasteiger partial charge is 0.471 e. The fourth-order valence-electron chi connectivity index (χ4n) is 4.99. The van der Waals surface area contributed by atoms with Gasteiger partial charge in [-0.15, -0.1) is 0 Å². The Hall–Kier alpha value is -6.17. The van der Waals surface area contributed by atoms with Crippen molar-refractivity contribution >= 4 is 53.3 Å². The second-order valence-corrected chi connectivity index (χ2v) is 13.0. The maximum atomic E-state index is 13.8. The summed E-state index contributed by atoms with van der Waals surface area (Å²) in [7, 11) is 0. The van der Waals surface area contributed by atoms with Crippen LogP contribution >= 0.6 is 0 Å². The topological polar surface area (TPSA) is 286 Å². The third kappa shape index (κ3) is 16.9. The fourth-order valence-corrected chi connectivity index (χ4v) is 4.99. The van der Waals surface area contributed by atoms with Gasteiger partial charge >= 0.3 is 30.1 Å². The number of carboxylic acid groups (broad SMARTS) is 1. The lowest BCUT2D eigenvalue weighted by molar-refractivity contribution is -0.173. The van der Waals surface area contributed by atoms with Crippen molar-refractivity contribution in [2.75, 3.05) is 26.2 Å². The molecule has 25 heteroatoms. The standard InChI is InChI=1S/C33H43F6N9O10/c1-16(2)24-28(55)45-19(5-3-10-42-31(40)48-30(57)33(37,38)39)25(52)43-15-22(49)44-21(14-23(50)51)26(53)46-20(27(54)47-24)13-17-6-8-18(9-7-17)58-12-4-11-41-29(56)32(34,35)36/h6-9,16,19-21,24H,3-5,10-15H2,1-2H3,(H,41,56)(H,43,52)(H,44,49)(H,45,55)(H,46,53)(H,47,54)(H,50,51)(H3,40,42,48,57)/t19-,20+,21-,24-/m0/s1. The molecular formula is C33H43F6N9O10. The molecule has 0 bridgehead atoms. The third-order valence-corrected chi connectivity index (χ3v) is 7.93. The van der Waals surface area contributed by atoms with Gasteiger partial charge in [0.25, 0.3) is 0 Å². The molecule has 0 saturated carbocycles. The Bertz CT molecular complexity index is 1680. The molecule has 1 aromatic carbocycles. The van der Waals surface area contributed by atoms with Crippen LogP contribution in [-0.4, -0.2) is 121 Å². The maximum Gasteiger partial charge on any atom is 0.471 e. The summed E-state index contributed by atoms with van der Waals surface area (Å²) in [5.41, 5.74) is 0.391. The molecule has 1 fully saturated rings. The van der Waals surface area contributed by atoms with Crippen LogP contribution in [0.5, 0.6) is 5.75 Å². The van der Waals surface area contributed by atoms with Gasteiger partial charge in [0, 0.05) is 19.5 Å². The second-order valence-electron chi connectivity index (χ2n) is 13.0. The molecular weight excluding hydrogens is 796 g/mol. The van der Waals surface area contributed by atoms with E-state index in [0.29, 0.717) is 5.56 Å². The number of carbonyl (C=O) groups excluding carboxylic acids is 7. The van der Waals surface area contributed by atoms with Crippen molar-refractivity contribution in [1.82, 2.24) is 42.5 Å². The molecule has 1 saturated heterocycles. The molecule has 7 amide bonds. The van der Waals surface area contributed by atoms with Crippen LogP contribution < -0.4 is 47.3 Å². The van der Waals surface area contributed by atoms with Gasteiger partial charge in [-0.1, -0.05) is 26.0 Å². The minimum Gasteiger partial charge on any atom is -0.494 e. The lowest BCUT2D eigenvalue weighted by atomic mass is 9.99. The number of alkyl halides is 6. The molecule has 0 spiro atoms. The van der Waals surface area contributed by atoms with E-state index in [2.05, 4.69) is 31.9 Å². The lowest BCUT2D eigenvalue weighted by Crippen LogP contribution is -2.59. The molecule has 0 aliphatic carbocycles. The summed E-state index contributed by atoms with van der Waals surface area (Å²) in [6.07, 6.45) is -11.8. The molecule has 1 aromatic rings. The molecule has 4 atom stereocenters. The van der Waals surface area contributed by atoms with E-state index in [-0.39, 0.29) is 51.1 Å². The van der Waals surface area contributed by atoms with Crippen LogP contribution in [0.2, 0.25) is 0 Å². The summed E-state index contributed by atoms with van der Waals surface area (Å²) in [5.74, 6) is -12.3. The Morgan fingerprint density at radius 1 is 0.793 bits per heavy atom. The van der Waals surface area contributed by atoms with Gasteiger partial charge in [-0.3, -0.25) is 49.1 Å². The highest BCUT2D eigenvalue weighted by molar-refractivity contribution is 5.99. The van der Waals surface area contributed by atoms with Crippen LogP contribution in [0.3, 0.4) is 0 Å². The lowest BCUT2D eigenvalue weighted by Gasteiger charge is -2.27. The second kappa shape index (κ2) is 21.9. The zero-order chi connectivity index (χ0) is 43.8. The number of nitrogens with one attached hydrogen (secondary N) is 9. The van der Waals surface area contributed by atoms with Crippen molar-refractivity contribution in [3.8, 4) is 5.75 Å². The molecule has 10 N–H and O–H groups in total. The first kappa shape index (κ1) is 48.0. The van der Waals surface area contributed by atoms with Gasteiger partial charge in [-0.2, -0.15) is 26.3 Å². The Morgan fingerprint density at radius 2 is 1.38 bits per heavy atom. The largest absolute Gasteiger partial charge is 0.494 e. The molecule has 1 aliphatic heterocycles. The zero-order valence-corrected chi connectivity index (χ0v) is 30.9. The number of carbonyl (C=O) groups is 8. The number of aliphatic carboxylic acids is 1. The van der Waals surface area contributed by atoms with Gasteiger partial charge in [0.1, 0.15) is 29.9 Å². The van der Waals surface area contributed by atoms with Crippen LogP contribution in [0.1, 0.15) is 45.1 Å². The van der Waals surface area contributed by atoms with Crippen molar-refractivity contribution in [1.29, 1.82) is 5.41 Å². The predicted octanol–water partition coefficient (Wildman–Crippen LogP) is -1.14. The summed E-state index contributed by atoms with van der Waals surface area (Å²) in [5, 5.41) is 33.8. The van der Waals surface area contributed by atoms with Crippen molar-refractivity contribution in [3.05, 3.63) is 29.8 Å². The molecule has 322 valence electrons. The number of halogens is 6. The van der Waals surface area contributed by atoms with Crippen molar-refractivity contribution in [3.63, 3.8) is 0 Å². The summed E-state index contributed by atoms with van der Waals surface area (Å²) in [6.45, 7) is 1.60. The van der Waals surface area contributed by atoms with E-state index in [0.717, 1.165) is 0 Å². The SMILES string of the molecule is CC(C)[C@@H]1NC(=O)[C@@H](Cc2ccc(OCCCNC(=O)C(F)(F)F)cc2)NC(=O)[C@H](CC(=O)O)NC(=O)CNC(=O)[C@H](CCCNC(=N)NC(=O)C(F)(F)F)NC1=O. The first-order valence-corrected chi connectivity index (χ1v) is 17.4. The minimum atomic E-state index is -5.26. The normalized spacial score (nSPS) is 19.8. The van der Waals surface area contributed by atoms with Gasteiger partial charge in [-0.25, -0.2) is 0 Å². The van der Waals surface area contributed by atoms with Gasteiger partial charge < -0.3 is 47.1 Å². The molecule has 0 radical (unpaired) electrons. The average molecular weight is 840 g/mol. The number of amides is 7. The van der Waals surface area contributed by atoms with E-state index in [1.807, 2.05) is 0 Å². The van der Waals surface area contributed by atoms with E-state index in [9.17, 15) is 69.8 Å². The number of benzene rings is 1. The summed E-state index contributed by atoms with van der Waals surface area (Å²) in [6, 6.07) is -0.225. The Labute approximate surface area is 326 Å². The van der Waals surface area contributed by atoms with Crippen LogP contribution in [0, 0.1) is 11.3 Å². The first-order chi connectivity index (χ1) is 27.0. The first-order valence-electron chi connectivity index (χ1n) is 17.4. The van der Waals surface area contributed by atoms with E-state index < -0.39 is 109 Å². The highest BCUT2D eigenvalue weighted by atomic mass is 19.4. The molecule has 19 nitrogen and oxygen atoms in total. The predicted molar refractivity (Wildman–Crippen MR) is 186 cm³/mol. The molecule has 1 aliphatic rings. The number of guanidine groups is 1. The highest BCUT2D eigenvalue weighted by Crippen LogP contribution is 2.17. The Morgan fingerprint density at radius 3 is 1.97 bits per heavy atom. The van der Waals surface area contributed by atoms with Gasteiger partial charge in [0.2, 0.25) is 29.5 Å². The van der Waals surface area contributed by atoms with Crippen LogP contribution in [0.25, 0.3) is 0 Å². The van der Waals surface area contributed by atoms with Gasteiger partial charge in [0.15, 0.2) is 5.96 Å². The number of hydrogen-bond acceptors (Lipinski definition) is 10. The quantitative estimate of drug-likeness (QED) is 0.0463. The molecule has 0 unspecified atom stereocenters. The van der Waals surface area contributed by atoms with Gasteiger partial charge in [-0.05, 0) is 42.9 Å². The molecule has 0 aromatic heterocycles. The van der Waals surface area contributed by atoms with E-state index >= 15 is 0 Å². The average Bonchev–Trinajstić information content (AvgIpc) is 3.12. The van der Waals surface area contributed by atoms with Crippen molar-refractivity contribution in [2.45, 2.75) is 82.5 Å². The van der Waals surface area contributed by atoms with Gasteiger partial charge in [0.05, 0.1) is 19.6 Å². The fraction of sp³-hybridized carbons (Fsp3) is 0.545. The number of hydrogen-bond donors (Lipinski definition) is 10. The number of rotatable bonds is 14. The van der Waals surface area contributed by atoms with Crippen LogP contribution in [-0.2, 0) is 44.8 Å². The summed E-state index contributed by atoms with van der Waals surface area (Å²) >= 11 is 0. The maximum absolute atomic E-state index is 13.8. The number of ether oxygens (including phenoxy) is 1. The van der Waals surface area contributed by atoms with Crippen LogP contribution in [0.4, 0.5) is 26.3 Å². The molecule has 58 heavy (non-hydrogen) atoms. The zero-order valence-electron chi connectivity index (χ0n) is 30.9. The van der Waals surface area contributed by atoms with E-state index in [1.54, 1.807) is 19.2 Å². The molecule has 1 heterocycles. The molecule has 2 rings (SSSR count). The Kier molecular flexibility index (Phi) is 18.2. The third-order valence-electron chi connectivity index (χ3n) is 7.93. The monoisotopic (exact) mass is 839 g/mol. The summed E-state index contributed by atoms with van der Waals surface area (Å²) in [4.78, 5) is 100. The highest BCUT2D eigenvalue weighted by Gasteiger charge is 2.40. The Balaban J connectivity index is 2.27. The van der Waals surface area contributed by atoms with Crippen molar-refractivity contribution < 1.29 is 74.5 Å². The van der Waals surface area contributed by atoms with E-state index in [4.69, 9.17) is 10.1 Å². The minimum absolute atomic E-state index is 0.0273. The van der Waals surface area contributed by atoms with Crippen molar-refractivity contribution in [2.24, 2.45) is 5.92 Å².